The van der Waals surface area contributed by atoms with Crippen molar-refractivity contribution in [1.29, 1.82) is 0 Å². The van der Waals surface area contributed by atoms with E-state index in [1.165, 1.54) is 5.56 Å². The topological polar surface area (TPSA) is 66.0 Å². The van der Waals surface area contributed by atoms with Crippen LogP contribution in [0.25, 0.3) is 0 Å². The molecule has 2 aromatic rings. The summed E-state index contributed by atoms with van der Waals surface area (Å²) in [5.41, 5.74) is 2.23. The number of benzene rings is 2. The van der Waals surface area contributed by atoms with E-state index in [9.17, 15) is 4.79 Å². The van der Waals surface area contributed by atoms with Crippen LogP contribution in [0.3, 0.4) is 0 Å². The van der Waals surface area contributed by atoms with Gasteiger partial charge in [0.2, 0.25) is 5.91 Å². The second-order valence-electron chi connectivity index (χ2n) is 8.62. The molecule has 0 spiro atoms. The fraction of sp³-hybridized carbons (Fsp3) is 0.462. The highest BCUT2D eigenvalue weighted by Crippen LogP contribution is 2.26. The van der Waals surface area contributed by atoms with Gasteiger partial charge in [-0.1, -0.05) is 49.7 Å². The summed E-state index contributed by atoms with van der Waals surface area (Å²) < 4.78 is 6.11. The number of likely N-dealkylation sites (tertiary alicyclic amines) is 1. The Morgan fingerprint density at radius 1 is 1.12 bits per heavy atom. The summed E-state index contributed by atoms with van der Waals surface area (Å²) in [7, 11) is 0. The predicted octanol–water partition coefficient (Wildman–Crippen LogP) is 4.49. The van der Waals surface area contributed by atoms with Crippen molar-refractivity contribution in [2.45, 2.75) is 53.1 Å². The highest BCUT2D eigenvalue weighted by atomic mass is 16.5. The van der Waals surface area contributed by atoms with Crippen LogP contribution in [0.2, 0.25) is 0 Å². The van der Waals surface area contributed by atoms with Gasteiger partial charge in [0, 0.05) is 37.2 Å². The number of aliphatic imine (C=N–C) groups is 1. The number of hydrogen-bond donors (Lipinski definition) is 2. The number of nitrogens with one attached hydrogen (secondary N) is 2. The Bertz CT molecular complexity index is 900. The van der Waals surface area contributed by atoms with E-state index in [4.69, 9.17) is 9.73 Å². The molecule has 2 aromatic carbocycles. The number of carbonyl (C=O) groups excluding carboxylic acids is 1. The Hall–Kier alpha value is -3.02. The van der Waals surface area contributed by atoms with Crippen LogP contribution in [0.1, 0.15) is 44.7 Å². The third-order valence-corrected chi connectivity index (χ3v) is 5.61. The smallest absolute Gasteiger partial charge is 0.225 e. The monoisotopic (exact) mass is 436 g/mol. The first-order valence-electron chi connectivity index (χ1n) is 11.6. The molecular formula is C26H36N4O2. The molecule has 0 radical (unpaired) electrons. The number of hydrogen-bond acceptors (Lipinski definition) is 3. The second kappa shape index (κ2) is 11.6. The summed E-state index contributed by atoms with van der Waals surface area (Å²) in [5.74, 6) is 2.73. The summed E-state index contributed by atoms with van der Waals surface area (Å²) in [6.07, 6.45) is 1.85. The maximum absolute atomic E-state index is 12.2. The van der Waals surface area contributed by atoms with Crippen molar-refractivity contribution >= 4 is 11.9 Å². The third kappa shape index (κ3) is 6.74. The van der Waals surface area contributed by atoms with Crippen LogP contribution >= 0.6 is 0 Å². The quantitative estimate of drug-likeness (QED) is 0.496. The Kier molecular flexibility index (Phi) is 8.54. The summed E-state index contributed by atoms with van der Waals surface area (Å²) in [6.45, 7) is 10.9. The van der Waals surface area contributed by atoms with Crippen molar-refractivity contribution in [2.24, 2.45) is 10.9 Å². The minimum atomic E-state index is 0.0561. The molecule has 1 aliphatic heterocycles. The van der Waals surface area contributed by atoms with Crippen molar-refractivity contribution in [3.8, 4) is 11.5 Å². The van der Waals surface area contributed by atoms with Gasteiger partial charge in [-0.3, -0.25) is 4.79 Å². The summed E-state index contributed by atoms with van der Waals surface area (Å²) in [6, 6.07) is 16.4. The van der Waals surface area contributed by atoms with Crippen LogP contribution in [0.15, 0.2) is 53.5 Å². The van der Waals surface area contributed by atoms with Crippen LogP contribution in [0.4, 0.5) is 0 Å². The lowest BCUT2D eigenvalue weighted by Gasteiger charge is -2.34. The van der Waals surface area contributed by atoms with Gasteiger partial charge in [-0.2, -0.15) is 0 Å². The Balaban J connectivity index is 1.62. The summed E-state index contributed by atoms with van der Waals surface area (Å²) >= 11 is 0. The minimum absolute atomic E-state index is 0.0561. The number of ether oxygens (including phenoxy) is 1. The van der Waals surface area contributed by atoms with Gasteiger partial charge in [-0.25, -0.2) is 4.99 Å². The molecule has 32 heavy (non-hydrogen) atoms. The number of nitrogens with zero attached hydrogens (tertiary/aromatic N) is 2. The van der Waals surface area contributed by atoms with E-state index >= 15 is 0 Å². The Morgan fingerprint density at radius 2 is 1.81 bits per heavy atom. The van der Waals surface area contributed by atoms with E-state index < -0.39 is 0 Å². The fourth-order valence-corrected chi connectivity index (χ4v) is 3.75. The lowest BCUT2D eigenvalue weighted by atomic mass is 10.0. The van der Waals surface area contributed by atoms with Crippen molar-refractivity contribution in [3.05, 3.63) is 59.7 Å². The molecule has 0 unspecified atom stereocenters. The number of para-hydroxylation sites is 1. The highest BCUT2D eigenvalue weighted by molar-refractivity contribution is 5.80. The zero-order valence-corrected chi connectivity index (χ0v) is 19.7. The number of rotatable bonds is 7. The number of piperidine rings is 1. The molecule has 0 bridgehead atoms. The van der Waals surface area contributed by atoms with Crippen molar-refractivity contribution in [3.63, 3.8) is 0 Å². The standard InChI is InChI=1S/C26H36N4O2/c1-5-27-26(29-22-14-16-30(17-15-22)25(31)19(2)3)28-18-21-8-6-7-9-24(21)32-23-12-10-20(4)11-13-23/h6-13,19,22H,5,14-18H2,1-4H3,(H2,27,28,29). The largest absolute Gasteiger partial charge is 0.457 e. The summed E-state index contributed by atoms with van der Waals surface area (Å²) in [4.78, 5) is 19.0. The van der Waals surface area contributed by atoms with Gasteiger partial charge in [-0.05, 0) is 44.9 Å². The van der Waals surface area contributed by atoms with Gasteiger partial charge < -0.3 is 20.3 Å². The van der Waals surface area contributed by atoms with Crippen molar-refractivity contribution < 1.29 is 9.53 Å². The van der Waals surface area contributed by atoms with Crippen LogP contribution < -0.4 is 15.4 Å². The van der Waals surface area contributed by atoms with Crippen LogP contribution in [-0.4, -0.2) is 42.4 Å². The van der Waals surface area contributed by atoms with E-state index in [1.807, 2.05) is 67.3 Å². The maximum atomic E-state index is 12.2. The van der Waals surface area contributed by atoms with Gasteiger partial charge in [-0.15, -0.1) is 0 Å². The van der Waals surface area contributed by atoms with E-state index in [-0.39, 0.29) is 11.8 Å². The molecule has 1 saturated heterocycles. The van der Waals surface area contributed by atoms with Gasteiger partial charge in [0.15, 0.2) is 5.96 Å². The van der Waals surface area contributed by atoms with Crippen molar-refractivity contribution in [1.82, 2.24) is 15.5 Å². The zero-order valence-electron chi connectivity index (χ0n) is 19.7. The Morgan fingerprint density at radius 3 is 2.47 bits per heavy atom. The molecule has 3 rings (SSSR count). The van der Waals surface area contributed by atoms with E-state index in [0.717, 1.165) is 55.5 Å². The van der Waals surface area contributed by atoms with Gasteiger partial charge >= 0.3 is 0 Å². The number of aryl methyl sites for hydroxylation is 1. The number of carbonyl (C=O) groups is 1. The van der Waals surface area contributed by atoms with E-state index in [0.29, 0.717) is 12.6 Å². The fourth-order valence-electron chi connectivity index (χ4n) is 3.75. The highest BCUT2D eigenvalue weighted by Gasteiger charge is 2.24. The molecule has 172 valence electrons. The van der Waals surface area contributed by atoms with Crippen LogP contribution in [0.5, 0.6) is 11.5 Å². The van der Waals surface area contributed by atoms with Gasteiger partial charge in [0.05, 0.1) is 6.54 Å². The molecule has 1 amide bonds. The van der Waals surface area contributed by atoms with E-state index in [2.05, 4.69) is 24.5 Å². The first-order valence-corrected chi connectivity index (χ1v) is 11.6. The molecule has 2 N–H and O–H groups in total. The van der Waals surface area contributed by atoms with Crippen molar-refractivity contribution in [2.75, 3.05) is 19.6 Å². The molecule has 1 aliphatic rings. The second-order valence-corrected chi connectivity index (χ2v) is 8.62. The average Bonchev–Trinajstić information content (AvgIpc) is 2.80. The van der Waals surface area contributed by atoms with Gasteiger partial charge in [0.1, 0.15) is 11.5 Å². The lowest BCUT2D eigenvalue weighted by molar-refractivity contribution is -0.135. The molecular weight excluding hydrogens is 400 g/mol. The molecule has 0 aromatic heterocycles. The van der Waals surface area contributed by atoms with E-state index in [1.54, 1.807) is 0 Å². The average molecular weight is 437 g/mol. The molecule has 0 saturated carbocycles. The normalized spacial score (nSPS) is 15.0. The Labute approximate surface area is 192 Å². The molecule has 0 aliphatic carbocycles. The van der Waals surface area contributed by atoms with Crippen LogP contribution in [0, 0.1) is 12.8 Å². The van der Waals surface area contributed by atoms with Gasteiger partial charge in [0.25, 0.3) is 0 Å². The number of guanidine groups is 1. The molecule has 6 heteroatoms. The zero-order chi connectivity index (χ0) is 22.9. The molecule has 1 fully saturated rings. The molecule has 0 atom stereocenters. The molecule has 6 nitrogen and oxygen atoms in total. The minimum Gasteiger partial charge on any atom is -0.457 e. The predicted molar refractivity (Wildman–Crippen MR) is 130 cm³/mol. The maximum Gasteiger partial charge on any atom is 0.225 e. The third-order valence-electron chi connectivity index (χ3n) is 5.61. The number of amides is 1. The van der Waals surface area contributed by atoms with Crippen LogP contribution in [-0.2, 0) is 11.3 Å². The lowest BCUT2D eigenvalue weighted by Crippen LogP contribution is -2.50. The first kappa shape index (κ1) is 23.6. The first-order chi connectivity index (χ1) is 15.5. The SMILES string of the molecule is CCNC(=NCc1ccccc1Oc1ccc(C)cc1)NC1CCN(C(=O)C(C)C)CC1. The molecule has 1 heterocycles. The summed E-state index contributed by atoms with van der Waals surface area (Å²) in [5, 5.41) is 6.90.